The Labute approximate surface area is 131 Å². The van der Waals surface area contributed by atoms with E-state index in [1.165, 1.54) is 0 Å². The lowest BCUT2D eigenvalue weighted by Gasteiger charge is -2.29. The first-order valence-electron chi connectivity index (χ1n) is 6.16. The summed E-state index contributed by atoms with van der Waals surface area (Å²) in [7, 11) is 0. The van der Waals surface area contributed by atoms with Gasteiger partial charge in [-0.05, 0) is 65.1 Å². The molecule has 0 heterocycles. The van der Waals surface area contributed by atoms with Crippen LogP contribution in [0.15, 0.2) is 24.3 Å². The molecule has 1 aromatic carbocycles. The molecule has 1 rings (SSSR count). The normalized spacial score (nSPS) is 11.3. The zero-order valence-electron chi connectivity index (χ0n) is 10.8. The smallest absolute Gasteiger partial charge is 0.251 e. The van der Waals surface area contributed by atoms with Crippen LogP contribution in [0.1, 0.15) is 37.0 Å². The standard InChI is InChI=1S/C14H19BrINO/c1-3-14(4-2,9-15)10-17-13(18)11-5-7-12(16)8-6-11/h5-8H,3-4,9-10H2,1-2H3,(H,17,18). The monoisotopic (exact) mass is 423 g/mol. The zero-order valence-corrected chi connectivity index (χ0v) is 14.5. The van der Waals surface area contributed by atoms with E-state index in [4.69, 9.17) is 0 Å². The van der Waals surface area contributed by atoms with E-state index < -0.39 is 0 Å². The molecule has 2 nitrogen and oxygen atoms in total. The molecule has 0 atom stereocenters. The van der Waals surface area contributed by atoms with Crippen molar-refractivity contribution < 1.29 is 4.79 Å². The van der Waals surface area contributed by atoms with Gasteiger partial charge in [0.25, 0.3) is 5.91 Å². The first-order valence-corrected chi connectivity index (χ1v) is 8.36. The average Bonchev–Trinajstić information content (AvgIpc) is 2.41. The van der Waals surface area contributed by atoms with Crippen molar-refractivity contribution in [2.75, 3.05) is 11.9 Å². The predicted octanol–water partition coefficient (Wildman–Crippen LogP) is 4.22. The number of alkyl halides is 1. The molecule has 0 aliphatic heterocycles. The highest BCUT2D eigenvalue weighted by Crippen LogP contribution is 2.27. The minimum atomic E-state index is 0.0126. The highest BCUT2D eigenvalue weighted by molar-refractivity contribution is 14.1. The number of rotatable bonds is 6. The molecule has 1 aromatic rings. The Bertz CT molecular complexity index is 379. The van der Waals surface area contributed by atoms with Crippen molar-refractivity contribution in [3.8, 4) is 0 Å². The molecule has 0 aliphatic rings. The summed E-state index contributed by atoms with van der Waals surface area (Å²) in [5.41, 5.74) is 0.893. The summed E-state index contributed by atoms with van der Waals surface area (Å²) in [6.07, 6.45) is 2.11. The Morgan fingerprint density at radius 3 is 2.28 bits per heavy atom. The van der Waals surface area contributed by atoms with E-state index in [0.717, 1.165) is 33.9 Å². The minimum Gasteiger partial charge on any atom is -0.351 e. The summed E-state index contributed by atoms with van der Waals surface area (Å²) in [4.78, 5) is 12.0. The molecule has 0 spiro atoms. The fourth-order valence-electron chi connectivity index (χ4n) is 1.71. The van der Waals surface area contributed by atoms with E-state index in [1.54, 1.807) is 0 Å². The number of amides is 1. The summed E-state index contributed by atoms with van der Waals surface area (Å²) in [6.45, 7) is 5.06. The first kappa shape index (κ1) is 16.0. The van der Waals surface area contributed by atoms with Crippen molar-refractivity contribution in [3.05, 3.63) is 33.4 Å². The molecule has 0 unspecified atom stereocenters. The number of carbonyl (C=O) groups excluding carboxylic acids is 1. The molecular weight excluding hydrogens is 405 g/mol. The van der Waals surface area contributed by atoms with Crippen molar-refractivity contribution in [1.82, 2.24) is 5.32 Å². The number of carbonyl (C=O) groups is 1. The van der Waals surface area contributed by atoms with Crippen molar-refractivity contribution >= 4 is 44.4 Å². The highest BCUT2D eigenvalue weighted by atomic mass is 127. The predicted molar refractivity (Wildman–Crippen MR) is 88.3 cm³/mol. The van der Waals surface area contributed by atoms with Gasteiger partial charge in [-0.1, -0.05) is 29.8 Å². The Kier molecular flexibility index (Phi) is 6.63. The maximum absolute atomic E-state index is 12.0. The van der Waals surface area contributed by atoms with E-state index >= 15 is 0 Å². The fraction of sp³-hybridized carbons (Fsp3) is 0.500. The van der Waals surface area contributed by atoms with E-state index in [-0.39, 0.29) is 11.3 Å². The van der Waals surface area contributed by atoms with Gasteiger partial charge in [-0.3, -0.25) is 4.79 Å². The van der Waals surface area contributed by atoms with Gasteiger partial charge in [-0.2, -0.15) is 0 Å². The summed E-state index contributed by atoms with van der Waals surface area (Å²) in [5.74, 6) is 0.0126. The van der Waals surface area contributed by atoms with Crippen LogP contribution >= 0.6 is 38.5 Å². The molecule has 0 saturated carbocycles. The quantitative estimate of drug-likeness (QED) is 0.538. The third-order valence-corrected chi connectivity index (χ3v) is 5.42. The molecular formula is C14H19BrINO. The van der Waals surface area contributed by atoms with E-state index in [9.17, 15) is 4.79 Å². The van der Waals surface area contributed by atoms with Gasteiger partial charge < -0.3 is 5.32 Å². The van der Waals surface area contributed by atoms with Gasteiger partial charge in [0, 0.05) is 21.0 Å². The second-order valence-electron chi connectivity index (χ2n) is 4.53. The third-order valence-electron chi connectivity index (χ3n) is 3.51. The number of nitrogens with one attached hydrogen (secondary N) is 1. The second kappa shape index (κ2) is 7.48. The Morgan fingerprint density at radius 1 is 1.28 bits per heavy atom. The van der Waals surface area contributed by atoms with E-state index in [0.29, 0.717) is 0 Å². The molecule has 1 amide bonds. The fourth-order valence-corrected chi connectivity index (χ4v) is 3.06. The van der Waals surface area contributed by atoms with Crippen LogP contribution in [0, 0.1) is 8.99 Å². The lowest BCUT2D eigenvalue weighted by molar-refractivity contribution is 0.0932. The average molecular weight is 424 g/mol. The van der Waals surface area contributed by atoms with Gasteiger partial charge in [-0.15, -0.1) is 0 Å². The van der Waals surface area contributed by atoms with Crippen LogP contribution in [-0.2, 0) is 0 Å². The van der Waals surface area contributed by atoms with Gasteiger partial charge in [0.15, 0.2) is 0 Å². The molecule has 0 bridgehead atoms. The summed E-state index contributed by atoms with van der Waals surface area (Å²) in [6, 6.07) is 7.63. The molecule has 1 N–H and O–H groups in total. The van der Waals surface area contributed by atoms with Gasteiger partial charge >= 0.3 is 0 Å². The van der Waals surface area contributed by atoms with Crippen LogP contribution in [0.2, 0.25) is 0 Å². The van der Waals surface area contributed by atoms with Crippen molar-refractivity contribution in [3.63, 3.8) is 0 Å². The maximum Gasteiger partial charge on any atom is 0.251 e. The molecule has 0 saturated heterocycles. The first-order chi connectivity index (χ1) is 8.56. The molecule has 0 aliphatic carbocycles. The van der Waals surface area contributed by atoms with Crippen molar-refractivity contribution in [1.29, 1.82) is 0 Å². The van der Waals surface area contributed by atoms with Crippen molar-refractivity contribution in [2.24, 2.45) is 5.41 Å². The van der Waals surface area contributed by atoms with Gasteiger partial charge in [0.05, 0.1) is 0 Å². The Hall–Kier alpha value is -0.100. The van der Waals surface area contributed by atoms with Crippen LogP contribution in [0.3, 0.4) is 0 Å². The summed E-state index contributed by atoms with van der Waals surface area (Å²) in [5, 5.41) is 3.96. The Morgan fingerprint density at radius 2 is 1.83 bits per heavy atom. The number of hydrogen-bond acceptors (Lipinski definition) is 1. The van der Waals surface area contributed by atoms with Crippen LogP contribution in [0.5, 0.6) is 0 Å². The molecule has 0 fully saturated rings. The lowest BCUT2D eigenvalue weighted by atomic mass is 9.84. The van der Waals surface area contributed by atoms with Crippen LogP contribution < -0.4 is 5.32 Å². The molecule has 0 radical (unpaired) electrons. The maximum atomic E-state index is 12.0. The zero-order chi connectivity index (χ0) is 13.6. The SMILES string of the molecule is CCC(CC)(CBr)CNC(=O)c1ccc(I)cc1. The molecule has 18 heavy (non-hydrogen) atoms. The molecule has 100 valence electrons. The summed E-state index contributed by atoms with van der Waals surface area (Å²) < 4.78 is 1.14. The van der Waals surface area contributed by atoms with Crippen LogP contribution in [0.4, 0.5) is 0 Å². The van der Waals surface area contributed by atoms with Gasteiger partial charge in [0.2, 0.25) is 0 Å². The molecule has 4 heteroatoms. The van der Waals surface area contributed by atoms with Crippen LogP contribution in [-0.4, -0.2) is 17.8 Å². The van der Waals surface area contributed by atoms with E-state index in [1.807, 2.05) is 24.3 Å². The lowest BCUT2D eigenvalue weighted by Crippen LogP contribution is -2.38. The topological polar surface area (TPSA) is 29.1 Å². The second-order valence-corrected chi connectivity index (χ2v) is 6.34. The summed E-state index contributed by atoms with van der Waals surface area (Å²) >= 11 is 5.79. The highest BCUT2D eigenvalue weighted by Gasteiger charge is 2.25. The van der Waals surface area contributed by atoms with Crippen LogP contribution in [0.25, 0.3) is 0 Å². The number of benzene rings is 1. The van der Waals surface area contributed by atoms with Gasteiger partial charge in [-0.25, -0.2) is 0 Å². The number of hydrogen-bond donors (Lipinski definition) is 1. The Balaban J connectivity index is 2.63. The largest absolute Gasteiger partial charge is 0.351 e. The number of halogens is 2. The van der Waals surface area contributed by atoms with E-state index in [2.05, 4.69) is 57.7 Å². The third kappa shape index (κ3) is 4.23. The minimum absolute atomic E-state index is 0.0126. The van der Waals surface area contributed by atoms with Crippen molar-refractivity contribution in [2.45, 2.75) is 26.7 Å². The molecule has 0 aromatic heterocycles. The van der Waals surface area contributed by atoms with Gasteiger partial charge in [0.1, 0.15) is 0 Å².